The van der Waals surface area contributed by atoms with E-state index in [-0.39, 0.29) is 23.3 Å². The summed E-state index contributed by atoms with van der Waals surface area (Å²) < 4.78 is 38.5. The molecular formula is C23H27N3O6S. The molecule has 2 heterocycles. The van der Waals surface area contributed by atoms with Crippen molar-refractivity contribution in [2.45, 2.75) is 37.3 Å². The van der Waals surface area contributed by atoms with Gasteiger partial charge in [0.2, 0.25) is 15.9 Å². The minimum absolute atomic E-state index is 0.0546. The van der Waals surface area contributed by atoms with Gasteiger partial charge in [0.25, 0.3) is 5.91 Å². The van der Waals surface area contributed by atoms with Crippen molar-refractivity contribution in [1.82, 2.24) is 9.62 Å². The topological polar surface area (TPSA) is 114 Å². The van der Waals surface area contributed by atoms with E-state index in [1.165, 1.54) is 16.4 Å². The van der Waals surface area contributed by atoms with E-state index in [9.17, 15) is 18.0 Å². The van der Waals surface area contributed by atoms with Crippen LogP contribution in [0.5, 0.6) is 11.5 Å². The van der Waals surface area contributed by atoms with Crippen LogP contribution >= 0.6 is 0 Å². The highest BCUT2D eigenvalue weighted by atomic mass is 32.2. The standard InChI is InChI=1S/C23H27N3O6S/c1-15-22(27)25-20-12-19(9-10-21(20)32-15)33(29,30)26-11-3-4-17(14-26)23(28)24-13-16-5-7-18(31-2)8-6-16/h5-10,12,15,17H,3-4,11,13-14H2,1-2H3,(H,24,28)(H,25,27). The van der Waals surface area contributed by atoms with Gasteiger partial charge in [0.1, 0.15) is 11.5 Å². The number of anilines is 1. The van der Waals surface area contributed by atoms with Gasteiger partial charge in [0.05, 0.1) is 23.6 Å². The fourth-order valence-electron chi connectivity index (χ4n) is 3.95. The number of ether oxygens (including phenoxy) is 2. The lowest BCUT2D eigenvalue weighted by Gasteiger charge is -2.31. The molecule has 10 heteroatoms. The predicted molar refractivity (Wildman–Crippen MR) is 121 cm³/mol. The Morgan fingerprint density at radius 1 is 1.24 bits per heavy atom. The molecule has 9 nitrogen and oxygen atoms in total. The molecular weight excluding hydrogens is 446 g/mol. The third-order valence-corrected chi connectivity index (χ3v) is 7.76. The monoisotopic (exact) mass is 473 g/mol. The van der Waals surface area contributed by atoms with E-state index in [1.807, 2.05) is 24.3 Å². The Bertz CT molecular complexity index is 1150. The normalized spacial score (nSPS) is 20.8. The van der Waals surface area contributed by atoms with Crippen LogP contribution in [0, 0.1) is 5.92 Å². The molecule has 2 aromatic rings. The van der Waals surface area contributed by atoms with Gasteiger partial charge >= 0.3 is 0 Å². The minimum Gasteiger partial charge on any atom is -0.497 e. The summed E-state index contributed by atoms with van der Waals surface area (Å²) in [7, 11) is -2.24. The summed E-state index contributed by atoms with van der Waals surface area (Å²) in [5, 5.41) is 5.58. The van der Waals surface area contributed by atoms with Crippen LogP contribution in [-0.2, 0) is 26.2 Å². The number of piperidine rings is 1. The quantitative estimate of drug-likeness (QED) is 0.665. The van der Waals surface area contributed by atoms with Crippen molar-refractivity contribution < 1.29 is 27.5 Å². The second-order valence-corrected chi connectivity index (χ2v) is 10.1. The van der Waals surface area contributed by atoms with Crippen LogP contribution in [0.15, 0.2) is 47.4 Å². The molecule has 0 aliphatic carbocycles. The van der Waals surface area contributed by atoms with Crippen LogP contribution < -0.4 is 20.1 Å². The lowest BCUT2D eigenvalue weighted by atomic mass is 9.99. The average molecular weight is 474 g/mol. The molecule has 176 valence electrons. The van der Waals surface area contributed by atoms with Gasteiger partial charge in [-0.15, -0.1) is 0 Å². The van der Waals surface area contributed by atoms with E-state index >= 15 is 0 Å². The van der Waals surface area contributed by atoms with Gasteiger partial charge in [-0.05, 0) is 55.7 Å². The van der Waals surface area contributed by atoms with Gasteiger partial charge in [0.15, 0.2) is 6.10 Å². The van der Waals surface area contributed by atoms with Crippen LogP contribution in [0.3, 0.4) is 0 Å². The zero-order chi connectivity index (χ0) is 23.6. The van der Waals surface area contributed by atoms with E-state index in [0.717, 1.165) is 11.3 Å². The number of methoxy groups -OCH3 is 1. The first-order valence-corrected chi connectivity index (χ1v) is 12.2. The highest BCUT2D eigenvalue weighted by Crippen LogP contribution is 2.33. The second kappa shape index (κ2) is 9.40. The van der Waals surface area contributed by atoms with Gasteiger partial charge in [-0.25, -0.2) is 8.42 Å². The van der Waals surface area contributed by atoms with E-state index < -0.39 is 22.0 Å². The Kier molecular flexibility index (Phi) is 6.57. The van der Waals surface area contributed by atoms with Crippen molar-refractivity contribution in [1.29, 1.82) is 0 Å². The molecule has 2 atom stereocenters. The largest absolute Gasteiger partial charge is 0.497 e. The smallest absolute Gasteiger partial charge is 0.265 e. The summed E-state index contributed by atoms with van der Waals surface area (Å²) >= 11 is 0. The average Bonchev–Trinajstić information content (AvgIpc) is 2.83. The molecule has 0 aromatic heterocycles. The molecule has 2 amide bonds. The Labute approximate surface area is 193 Å². The lowest BCUT2D eigenvalue weighted by molar-refractivity contribution is -0.126. The van der Waals surface area contributed by atoms with Crippen molar-refractivity contribution >= 4 is 27.5 Å². The minimum atomic E-state index is -3.84. The van der Waals surface area contributed by atoms with Crippen molar-refractivity contribution in [3.63, 3.8) is 0 Å². The predicted octanol–water partition coefficient (Wildman–Crippen LogP) is 2.13. The van der Waals surface area contributed by atoms with Gasteiger partial charge in [-0.2, -0.15) is 4.31 Å². The SMILES string of the molecule is COc1ccc(CNC(=O)C2CCCN(S(=O)(=O)c3ccc4c(c3)NC(=O)C(C)O4)C2)cc1. The number of nitrogens with zero attached hydrogens (tertiary/aromatic N) is 1. The molecule has 4 rings (SSSR count). The maximum atomic E-state index is 13.3. The highest BCUT2D eigenvalue weighted by Gasteiger charge is 2.34. The third kappa shape index (κ3) is 4.96. The van der Waals surface area contributed by atoms with Crippen LogP contribution in [0.2, 0.25) is 0 Å². The Hall–Kier alpha value is -3.11. The first-order chi connectivity index (χ1) is 15.8. The maximum Gasteiger partial charge on any atom is 0.265 e. The van der Waals surface area contributed by atoms with Crippen LogP contribution in [0.1, 0.15) is 25.3 Å². The summed E-state index contributed by atoms with van der Waals surface area (Å²) in [5.41, 5.74) is 1.25. The number of benzene rings is 2. The molecule has 0 bridgehead atoms. The molecule has 2 aromatic carbocycles. The number of hydrogen-bond donors (Lipinski definition) is 2. The molecule has 2 N–H and O–H groups in total. The number of carbonyl (C=O) groups excluding carboxylic acids is 2. The molecule has 2 unspecified atom stereocenters. The molecule has 0 spiro atoms. The van der Waals surface area contributed by atoms with Crippen LogP contribution in [0.4, 0.5) is 5.69 Å². The molecule has 2 aliphatic heterocycles. The van der Waals surface area contributed by atoms with Gasteiger partial charge < -0.3 is 20.1 Å². The zero-order valence-corrected chi connectivity index (χ0v) is 19.4. The summed E-state index contributed by atoms with van der Waals surface area (Å²) in [4.78, 5) is 24.7. The Morgan fingerprint density at radius 3 is 2.73 bits per heavy atom. The van der Waals surface area contributed by atoms with Gasteiger partial charge in [-0.1, -0.05) is 12.1 Å². The first kappa shape index (κ1) is 23.1. The number of fused-ring (bicyclic) bond motifs is 1. The van der Waals surface area contributed by atoms with Gasteiger partial charge in [-0.3, -0.25) is 9.59 Å². The zero-order valence-electron chi connectivity index (χ0n) is 18.5. The Balaban J connectivity index is 1.42. The number of rotatable bonds is 6. The lowest BCUT2D eigenvalue weighted by Crippen LogP contribution is -2.45. The van der Waals surface area contributed by atoms with Gasteiger partial charge in [0, 0.05) is 19.6 Å². The molecule has 1 fully saturated rings. The highest BCUT2D eigenvalue weighted by molar-refractivity contribution is 7.89. The fourth-order valence-corrected chi connectivity index (χ4v) is 5.50. The van der Waals surface area contributed by atoms with E-state index in [1.54, 1.807) is 20.1 Å². The number of nitrogens with one attached hydrogen (secondary N) is 2. The fraction of sp³-hybridized carbons (Fsp3) is 0.391. The summed E-state index contributed by atoms with van der Waals surface area (Å²) in [5.74, 6) is 0.221. The number of hydrogen-bond acceptors (Lipinski definition) is 6. The van der Waals surface area contributed by atoms with Crippen molar-refractivity contribution in [3.05, 3.63) is 48.0 Å². The second-order valence-electron chi connectivity index (χ2n) is 8.18. The van der Waals surface area contributed by atoms with E-state index in [0.29, 0.717) is 37.4 Å². The van der Waals surface area contributed by atoms with Crippen molar-refractivity contribution in [3.8, 4) is 11.5 Å². The molecule has 2 aliphatic rings. The number of sulfonamides is 1. The maximum absolute atomic E-state index is 13.3. The molecule has 1 saturated heterocycles. The van der Waals surface area contributed by atoms with E-state index in [2.05, 4.69) is 10.6 Å². The van der Waals surface area contributed by atoms with Crippen molar-refractivity contribution in [2.24, 2.45) is 5.92 Å². The molecule has 0 radical (unpaired) electrons. The number of amides is 2. The Morgan fingerprint density at radius 2 is 2.00 bits per heavy atom. The van der Waals surface area contributed by atoms with Crippen LogP contribution in [0.25, 0.3) is 0 Å². The molecule has 33 heavy (non-hydrogen) atoms. The first-order valence-electron chi connectivity index (χ1n) is 10.8. The summed E-state index contributed by atoms with van der Waals surface area (Å²) in [6, 6.07) is 11.8. The van der Waals surface area contributed by atoms with Crippen molar-refractivity contribution in [2.75, 3.05) is 25.5 Å². The van der Waals surface area contributed by atoms with E-state index in [4.69, 9.17) is 9.47 Å². The van der Waals surface area contributed by atoms with Crippen LogP contribution in [-0.4, -0.2) is 50.8 Å². The number of carbonyl (C=O) groups is 2. The molecule has 0 saturated carbocycles. The summed E-state index contributed by atoms with van der Waals surface area (Å²) in [6.45, 7) is 2.42. The third-order valence-electron chi connectivity index (χ3n) is 5.90. The summed E-state index contributed by atoms with van der Waals surface area (Å²) in [6.07, 6.45) is 0.563.